The molecule has 0 spiro atoms. The molecule has 1 rings (SSSR count). The Morgan fingerprint density at radius 1 is 1.38 bits per heavy atom. The zero-order valence-electron chi connectivity index (χ0n) is 9.59. The Kier molecular flexibility index (Phi) is 5.35. The minimum Gasteiger partial charge on any atom is -0.385 e. The van der Waals surface area contributed by atoms with E-state index < -0.39 is 11.6 Å². The molecule has 1 aromatic carbocycles. The molecule has 0 fully saturated rings. The molecule has 1 unspecified atom stereocenters. The van der Waals surface area contributed by atoms with Gasteiger partial charge in [0.05, 0.1) is 0 Å². The highest BCUT2D eigenvalue weighted by molar-refractivity contribution is 5.18. The van der Waals surface area contributed by atoms with Crippen molar-refractivity contribution < 1.29 is 13.5 Å². The van der Waals surface area contributed by atoms with Crippen molar-refractivity contribution in [3.05, 3.63) is 35.4 Å². The van der Waals surface area contributed by atoms with Gasteiger partial charge in [0.1, 0.15) is 0 Å². The molecule has 1 aromatic rings. The summed E-state index contributed by atoms with van der Waals surface area (Å²) in [7, 11) is 1.64. The van der Waals surface area contributed by atoms with Gasteiger partial charge in [0.15, 0.2) is 11.6 Å². The van der Waals surface area contributed by atoms with Crippen LogP contribution in [0.4, 0.5) is 8.78 Å². The van der Waals surface area contributed by atoms with E-state index in [1.165, 1.54) is 6.07 Å². The normalized spacial score (nSPS) is 12.8. The van der Waals surface area contributed by atoms with Gasteiger partial charge < -0.3 is 10.1 Å². The molecule has 0 aliphatic heterocycles. The van der Waals surface area contributed by atoms with Crippen molar-refractivity contribution in [3.63, 3.8) is 0 Å². The van der Waals surface area contributed by atoms with Crippen molar-refractivity contribution in [2.24, 2.45) is 0 Å². The van der Waals surface area contributed by atoms with Crippen molar-refractivity contribution in [3.8, 4) is 0 Å². The third kappa shape index (κ3) is 3.87. The zero-order chi connectivity index (χ0) is 12.0. The van der Waals surface area contributed by atoms with Gasteiger partial charge in [0, 0.05) is 31.9 Å². The van der Waals surface area contributed by atoms with E-state index in [0.29, 0.717) is 18.7 Å². The molecule has 0 aliphatic rings. The Hall–Kier alpha value is -1.00. The van der Waals surface area contributed by atoms with Crippen LogP contribution >= 0.6 is 0 Å². The third-order valence-corrected chi connectivity index (χ3v) is 2.43. The van der Waals surface area contributed by atoms with Crippen LogP contribution in [0.25, 0.3) is 0 Å². The van der Waals surface area contributed by atoms with Crippen LogP contribution in [0, 0.1) is 11.6 Å². The quantitative estimate of drug-likeness (QED) is 0.809. The first-order valence-corrected chi connectivity index (χ1v) is 5.30. The maximum Gasteiger partial charge on any atom is 0.163 e. The highest BCUT2D eigenvalue weighted by Crippen LogP contribution is 2.11. The highest BCUT2D eigenvalue weighted by atomic mass is 19.2. The molecule has 1 atom stereocenters. The monoisotopic (exact) mass is 229 g/mol. The van der Waals surface area contributed by atoms with Crippen LogP contribution in [0.5, 0.6) is 0 Å². The lowest BCUT2D eigenvalue weighted by atomic mass is 10.2. The van der Waals surface area contributed by atoms with E-state index in [9.17, 15) is 8.78 Å². The number of rotatable bonds is 6. The fourth-order valence-electron chi connectivity index (χ4n) is 1.37. The Morgan fingerprint density at radius 2 is 2.12 bits per heavy atom. The van der Waals surface area contributed by atoms with E-state index >= 15 is 0 Å². The van der Waals surface area contributed by atoms with Crippen LogP contribution in [0.2, 0.25) is 0 Å². The standard InChI is InChI=1S/C12H17F2NO/c1-9(6-7-16-2)15-8-10-4-3-5-11(13)12(10)14/h3-5,9,15H,6-8H2,1-2H3. The van der Waals surface area contributed by atoms with Gasteiger partial charge in [0.25, 0.3) is 0 Å². The number of ether oxygens (including phenoxy) is 1. The van der Waals surface area contributed by atoms with E-state index in [-0.39, 0.29) is 6.04 Å². The molecule has 2 nitrogen and oxygen atoms in total. The van der Waals surface area contributed by atoms with E-state index in [2.05, 4.69) is 5.32 Å². The number of hydrogen-bond donors (Lipinski definition) is 1. The lowest BCUT2D eigenvalue weighted by Crippen LogP contribution is -2.27. The van der Waals surface area contributed by atoms with Gasteiger partial charge in [-0.15, -0.1) is 0 Å². The molecule has 0 radical (unpaired) electrons. The zero-order valence-corrected chi connectivity index (χ0v) is 9.59. The number of methoxy groups -OCH3 is 1. The number of benzene rings is 1. The van der Waals surface area contributed by atoms with E-state index in [4.69, 9.17) is 4.74 Å². The van der Waals surface area contributed by atoms with Crippen LogP contribution in [-0.4, -0.2) is 19.8 Å². The first kappa shape index (κ1) is 13.1. The van der Waals surface area contributed by atoms with Gasteiger partial charge in [-0.05, 0) is 19.4 Å². The van der Waals surface area contributed by atoms with Gasteiger partial charge in [-0.25, -0.2) is 8.78 Å². The molecule has 0 bridgehead atoms. The van der Waals surface area contributed by atoms with Gasteiger partial charge in [0.2, 0.25) is 0 Å². The smallest absolute Gasteiger partial charge is 0.163 e. The van der Waals surface area contributed by atoms with Gasteiger partial charge in [-0.2, -0.15) is 0 Å². The maximum absolute atomic E-state index is 13.3. The van der Waals surface area contributed by atoms with E-state index in [0.717, 1.165) is 12.5 Å². The van der Waals surface area contributed by atoms with Crippen LogP contribution in [0.3, 0.4) is 0 Å². The summed E-state index contributed by atoms with van der Waals surface area (Å²) >= 11 is 0. The Morgan fingerprint density at radius 3 is 2.81 bits per heavy atom. The average Bonchev–Trinajstić information content (AvgIpc) is 2.28. The maximum atomic E-state index is 13.3. The van der Waals surface area contributed by atoms with Gasteiger partial charge in [-0.3, -0.25) is 0 Å². The Bertz CT molecular complexity index is 331. The fourth-order valence-corrected chi connectivity index (χ4v) is 1.37. The summed E-state index contributed by atoms with van der Waals surface area (Å²) in [6, 6.07) is 4.42. The number of halogens is 2. The summed E-state index contributed by atoms with van der Waals surface area (Å²) in [4.78, 5) is 0. The van der Waals surface area contributed by atoms with Crippen LogP contribution in [-0.2, 0) is 11.3 Å². The van der Waals surface area contributed by atoms with Crippen molar-refractivity contribution in [2.45, 2.75) is 25.9 Å². The second kappa shape index (κ2) is 6.55. The number of hydrogen-bond acceptors (Lipinski definition) is 2. The lowest BCUT2D eigenvalue weighted by molar-refractivity contribution is 0.184. The van der Waals surface area contributed by atoms with Crippen molar-refractivity contribution in [1.82, 2.24) is 5.32 Å². The van der Waals surface area contributed by atoms with Crippen LogP contribution in [0.1, 0.15) is 18.9 Å². The van der Waals surface area contributed by atoms with Crippen LogP contribution < -0.4 is 5.32 Å². The largest absolute Gasteiger partial charge is 0.385 e. The summed E-state index contributed by atoms with van der Waals surface area (Å²) in [6.45, 7) is 2.96. The topological polar surface area (TPSA) is 21.3 Å². The fraction of sp³-hybridized carbons (Fsp3) is 0.500. The Labute approximate surface area is 94.6 Å². The first-order chi connectivity index (χ1) is 7.65. The average molecular weight is 229 g/mol. The summed E-state index contributed by atoms with van der Waals surface area (Å²) in [5.41, 5.74) is 0.351. The molecule has 4 heteroatoms. The first-order valence-electron chi connectivity index (χ1n) is 5.30. The predicted molar refractivity (Wildman–Crippen MR) is 59.2 cm³/mol. The highest BCUT2D eigenvalue weighted by Gasteiger charge is 2.08. The molecule has 0 aromatic heterocycles. The van der Waals surface area contributed by atoms with E-state index in [1.54, 1.807) is 13.2 Å². The molecule has 1 N–H and O–H groups in total. The van der Waals surface area contributed by atoms with E-state index in [1.807, 2.05) is 6.92 Å². The summed E-state index contributed by atoms with van der Waals surface area (Å²) in [5, 5.41) is 3.12. The second-order valence-corrected chi connectivity index (χ2v) is 3.78. The molecule has 0 saturated carbocycles. The summed E-state index contributed by atoms with van der Waals surface area (Å²) in [5.74, 6) is -1.57. The van der Waals surface area contributed by atoms with Crippen molar-refractivity contribution >= 4 is 0 Å². The minimum atomic E-state index is -0.802. The molecule has 16 heavy (non-hydrogen) atoms. The Balaban J connectivity index is 2.45. The molecule has 0 heterocycles. The van der Waals surface area contributed by atoms with Gasteiger partial charge in [-0.1, -0.05) is 12.1 Å². The summed E-state index contributed by atoms with van der Waals surface area (Å²) in [6.07, 6.45) is 0.841. The predicted octanol–water partition coefficient (Wildman–Crippen LogP) is 2.48. The van der Waals surface area contributed by atoms with Crippen LogP contribution in [0.15, 0.2) is 18.2 Å². The van der Waals surface area contributed by atoms with Crippen molar-refractivity contribution in [1.29, 1.82) is 0 Å². The summed E-state index contributed by atoms with van der Waals surface area (Å²) < 4.78 is 31.1. The minimum absolute atomic E-state index is 0.211. The van der Waals surface area contributed by atoms with Gasteiger partial charge >= 0.3 is 0 Å². The molecule has 0 saturated heterocycles. The lowest BCUT2D eigenvalue weighted by Gasteiger charge is -2.13. The molecule has 0 aliphatic carbocycles. The second-order valence-electron chi connectivity index (χ2n) is 3.78. The molecular weight excluding hydrogens is 212 g/mol. The molecule has 90 valence electrons. The van der Waals surface area contributed by atoms with Crippen molar-refractivity contribution in [2.75, 3.05) is 13.7 Å². The molecular formula is C12H17F2NO. The molecule has 0 amide bonds. The number of nitrogens with one attached hydrogen (secondary N) is 1. The SMILES string of the molecule is COCCC(C)NCc1cccc(F)c1F. The third-order valence-electron chi connectivity index (χ3n) is 2.43.